The molecule has 2 aliphatic rings. The van der Waals surface area contributed by atoms with E-state index in [1.165, 1.54) is 482 Å². The number of hydrogen-bond donors (Lipinski definition) is 3. The van der Waals surface area contributed by atoms with Gasteiger partial charge >= 0.3 is 29.1 Å². The molecule has 3 N–H and O–H groups in total. The monoisotopic (exact) mass is 1830 g/mol. The number of carbonyl (C=O) groups is 2. The third kappa shape index (κ3) is 70.8. The summed E-state index contributed by atoms with van der Waals surface area (Å²) < 4.78 is 15.9. The highest BCUT2D eigenvalue weighted by molar-refractivity contribution is 5.82. The van der Waals surface area contributed by atoms with Gasteiger partial charge in [-0.2, -0.15) is 0 Å². The van der Waals surface area contributed by atoms with Crippen LogP contribution in [0.5, 0.6) is 0 Å². The van der Waals surface area contributed by atoms with Crippen LogP contribution in [0.25, 0.3) is 0 Å². The first-order valence-corrected chi connectivity index (χ1v) is 57.0. The van der Waals surface area contributed by atoms with Gasteiger partial charge in [-0.05, 0) is 64.2 Å². The Morgan fingerprint density at radius 2 is 0.562 bits per heavy atom. The van der Waals surface area contributed by atoms with E-state index in [4.69, 9.17) is 22.9 Å². The van der Waals surface area contributed by atoms with Crippen molar-refractivity contribution in [3.8, 4) is 0 Å². The van der Waals surface area contributed by atoms with E-state index in [2.05, 4.69) is 112 Å². The van der Waals surface area contributed by atoms with Gasteiger partial charge in [0.25, 0.3) is 0 Å². The molecule has 0 aromatic carbocycles. The van der Waals surface area contributed by atoms with Crippen LogP contribution >= 0.6 is 0 Å². The van der Waals surface area contributed by atoms with E-state index in [-0.39, 0.29) is 45.8 Å². The molecule has 5 rings (SSSR count). The quantitative estimate of drug-likeness (QED) is 0.0452. The third-order valence-corrected chi connectivity index (χ3v) is 28.7. The van der Waals surface area contributed by atoms with Crippen LogP contribution in [0.3, 0.4) is 0 Å². The second kappa shape index (κ2) is 91.9. The van der Waals surface area contributed by atoms with E-state index in [1.54, 1.807) is 18.6 Å². The molecule has 0 aliphatic carbocycles. The molecule has 5 heterocycles. The van der Waals surface area contributed by atoms with Crippen LogP contribution in [-0.2, 0) is 30.1 Å². The molecule has 3 aromatic rings. The lowest BCUT2D eigenvalue weighted by molar-refractivity contribution is -0.126. The number of amides is 2. The van der Waals surface area contributed by atoms with Crippen LogP contribution in [-0.4, -0.2) is 39.0 Å². The number of nitrogens with zero attached hydrogens (tertiary/aromatic N) is 4. The van der Waals surface area contributed by atoms with Crippen molar-refractivity contribution in [2.45, 2.75) is 651 Å². The molecule has 3 aromatic heterocycles. The average Bonchev–Trinajstić information content (AvgIpc) is 1.65. The van der Waals surface area contributed by atoms with Crippen LogP contribution in [0.4, 0.5) is 0 Å². The third-order valence-electron chi connectivity index (χ3n) is 28.7. The molecule has 130 heavy (non-hydrogen) atoms. The lowest BCUT2D eigenvalue weighted by Gasteiger charge is -2.29. The second-order valence-electron chi connectivity index (χ2n) is 40.3. The Morgan fingerprint density at radius 1 is 0.292 bits per heavy atom. The molecule has 2 amide bonds. The highest BCUT2D eigenvalue weighted by atomic mass is 16.7. The molecule has 0 saturated heterocycles. The van der Waals surface area contributed by atoms with Gasteiger partial charge in [0.2, 0.25) is 12.2 Å². The summed E-state index contributed by atoms with van der Waals surface area (Å²) in [6.45, 7) is 24.4. The predicted octanol–water partition coefficient (Wildman–Crippen LogP) is 38.0. The summed E-state index contributed by atoms with van der Waals surface area (Å²) >= 11 is 0. The number of rotatable bonds is 89. The van der Waals surface area contributed by atoms with Crippen molar-refractivity contribution in [2.75, 3.05) is 0 Å². The van der Waals surface area contributed by atoms with Crippen molar-refractivity contribution in [3.63, 3.8) is 0 Å². The Morgan fingerprint density at radius 3 is 0.823 bits per heavy atom. The van der Waals surface area contributed by atoms with E-state index in [0.717, 1.165) is 81.5 Å². The van der Waals surface area contributed by atoms with Crippen LogP contribution in [0.2, 0.25) is 0 Å². The standard InChI is InChI=1S/C25H47NO2.C24H45NO2.C23H43NO2.C21H40N2O2.C20H38N2O2/c1-4-7-8-9-10-11-12-13-14-15-16-17-18-19-20-21-25(5-2,6-3)23-22-26-24(27)28-23;1-4-6-7-8-9-10-11-12-13-14-15-16-17-18-19-20-24(3,5-2)22-21-25-23(26)27-22;1-3-5-6-7-8-9-10-11-12-13-14-15-16-17-18-19-21(4-2)22-20-24-23(25)26-22;1-3-4-5-6-7-8-9-10-11-12-13-14-15-16-17-18-19(2)20-21(24)22-23-25-20;1-2-3-4-5-6-7-8-9-10-11-12-13-14-15-16-17-18-19-20(23)21-22-24-19/h22H,4-21H2,1-3H3,(H,26,27);21H,4-20H2,1-3H3,(H,25,26);20-21H,3-19H2,1-2H3,(H,24,25);19-20H,3-18H2,1-2H3;19H,2-18H2,1H3. The number of aromatic amines is 3. The minimum absolute atomic E-state index is 0.00427. The van der Waals surface area contributed by atoms with E-state index in [0.29, 0.717) is 5.92 Å². The lowest BCUT2D eigenvalue weighted by atomic mass is 9.76. The Bertz CT molecular complexity index is 3100. The van der Waals surface area contributed by atoms with Crippen molar-refractivity contribution >= 4 is 11.8 Å². The van der Waals surface area contributed by atoms with Crippen LogP contribution in [0.1, 0.15) is 645 Å². The fourth-order valence-corrected chi connectivity index (χ4v) is 19.0. The number of carbonyl (C=O) groups excluding carboxylic acids is 2. The molecule has 17 nitrogen and oxygen atoms in total. The minimum Gasteiger partial charge on any atom is -0.413 e. The van der Waals surface area contributed by atoms with Gasteiger partial charge in [-0.3, -0.25) is 24.5 Å². The molecule has 17 heteroatoms. The first-order chi connectivity index (χ1) is 63.7. The van der Waals surface area contributed by atoms with Gasteiger partial charge in [0, 0.05) is 51.8 Å². The Balaban J connectivity index is 0.000000813. The van der Waals surface area contributed by atoms with Crippen molar-refractivity contribution < 1.29 is 32.5 Å². The number of hydrogen-bond acceptors (Lipinski definition) is 12. The summed E-state index contributed by atoms with van der Waals surface area (Å²) in [7, 11) is 0. The van der Waals surface area contributed by atoms with Crippen LogP contribution in [0, 0.1) is 5.92 Å². The smallest absolute Gasteiger partial charge is 0.413 e. The minimum atomic E-state index is -0.424. The molecule has 760 valence electrons. The number of unbranched alkanes of at least 4 members (excludes halogenated alkanes) is 71. The molecule has 0 radical (unpaired) electrons. The molecule has 2 aliphatic heterocycles. The first kappa shape index (κ1) is 123. The lowest BCUT2D eigenvalue weighted by Crippen LogP contribution is -2.24. The first-order valence-electron chi connectivity index (χ1n) is 57.0. The van der Waals surface area contributed by atoms with E-state index < -0.39 is 12.2 Å². The fourth-order valence-electron chi connectivity index (χ4n) is 19.0. The van der Waals surface area contributed by atoms with E-state index >= 15 is 0 Å². The van der Waals surface area contributed by atoms with Gasteiger partial charge in [0.1, 0.15) is 17.3 Å². The zero-order chi connectivity index (χ0) is 94.6. The maximum atomic E-state index is 11.4. The van der Waals surface area contributed by atoms with Gasteiger partial charge in [0.15, 0.2) is 0 Å². The fraction of sp³-hybridized carbons (Fsp3) is 0.903. The van der Waals surface area contributed by atoms with Crippen molar-refractivity contribution in [1.82, 2.24) is 15.0 Å². The normalized spacial score (nSPS) is 14.5. The van der Waals surface area contributed by atoms with Gasteiger partial charge in [-0.1, -0.05) is 568 Å². The number of aromatic nitrogens is 3. The summed E-state index contributed by atoms with van der Waals surface area (Å²) in [6.07, 6.45) is 119. The van der Waals surface area contributed by atoms with E-state index in [1.807, 2.05) is 0 Å². The molecule has 5 atom stereocenters. The van der Waals surface area contributed by atoms with Crippen molar-refractivity contribution in [1.29, 1.82) is 0 Å². The highest BCUT2D eigenvalue weighted by Crippen LogP contribution is 2.37. The molecule has 0 bridgehead atoms. The Kier molecular flexibility index (Phi) is 87.1. The topological polar surface area (TPSA) is 240 Å². The Labute approximate surface area is 799 Å². The molecule has 0 fully saturated rings. The summed E-state index contributed by atoms with van der Waals surface area (Å²) in [5, 5.41) is 13.5. The average molecular weight is 1830 g/mol. The van der Waals surface area contributed by atoms with Gasteiger partial charge in [0.05, 0.1) is 0 Å². The molecule has 0 spiro atoms. The predicted molar refractivity (Wildman–Crippen MR) is 552 cm³/mol. The summed E-state index contributed by atoms with van der Waals surface area (Å²) in [4.78, 5) is 74.1. The number of nitrogens with one attached hydrogen (secondary N) is 3. The molecular weight excluding hydrogens is 1620 g/mol. The van der Waals surface area contributed by atoms with Crippen LogP contribution < -0.4 is 17.3 Å². The molecular formula is C113H213N7O10. The van der Waals surface area contributed by atoms with Crippen LogP contribution in [0.15, 0.2) is 67.0 Å². The maximum absolute atomic E-state index is 11.4. The largest absolute Gasteiger partial charge is 0.416 e. The Hall–Kier alpha value is -4.83. The van der Waals surface area contributed by atoms with E-state index in [9.17, 15) is 24.0 Å². The summed E-state index contributed by atoms with van der Waals surface area (Å²) in [5.41, 5.74) is 0.0331. The summed E-state index contributed by atoms with van der Waals surface area (Å²) in [5.74, 6) is 1.73. The second-order valence-corrected chi connectivity index (χ2v) is 40.3. The maximum Gasteiger partial charge on any atom is 0.416 e. The SMILES string of the molecule is CCCCCCCCCCCCCCCCCC(C)(CC)c1c[nH]c(=O)o1.CCCCCCCCCCCCCCCCCC(C)C1ON=NC1=O.CCCCCCCCCCCCCCCCCC(CC)(CC)c1c[nH]c(=O)o1.CCCCCCCCCCCCCCCCCC(CC)c1c[nH]c(=O)o1.CCCCCCCCCCCCCCCCCCC1ON=NC1=O. The molecule has 5 unspecified atom stereocenters. The van der Waals surface area contributed by atoms with Gasteiger partial charge < -0.3 is 22.9 Å². The summed E-state index contributed by atoms with van der Waals surface area (Å²) in [6, 6.07) is 0. The zero-order valence-corrected chi connectivity index (χ0v) is 87.5. The van der Waals surface area contributed by atoms with Gasteiger partial charge in [-0.15, -0.1) is 0 Å². The number of oxazole rings is 3. The van der Waals surface area contributed by atoms with Crippen molar-refractivity contribution in [3.05, 3.63) is 67.5 Å². The van der Waals surface area contributed by atoms with Crippen molar-refractivity contribution in [2.24, 2.45) is 26.7 Å². The number of H-pyrrole nitrogens is 3. The zero-order valence-electron chi connectivity index (χ0n) is 87.5. The highest BCUT2D eigenvalue weighted by Gasteiger charge is 2.33. The molecule has 0 saturated carbocycles. The van der Waals surface area contributed by atoms with Gasteiger partial charge in [-0.25, -0.2) is 14.4 Å².